The van der Waals surface area contributed by atoms with Crippen molar-refractivity contribution in [3.05, 3.63) is 0 Å². The molecule has 0 saturated carbocycles. The van der Waals surface area contributed by atoms with E-state index in [4.69, 9.17) is 10.9 Å². The smallest absolute Gasteiger partial charge is 0.233 e. The van der Waals surface area contributed by atoms with Crippen LogP contribution in [0.25, 0.3) is 0 Å². The van der Waals surface area contributed by atoms with E-state index in [2.05, 4.69) is 5.16 Å². The van der Waals surface area contributed by atoms with E-state index < -0.39 is 0 Å². The molecule has 0 bridgehead atoms. The normalized spacial score (nSPS) is 14.9. The van der Waals surface area contributed by atoms with Crippen LogP contribution in [-0.2, 0) is 0 Å². The van der Waals surface area contributed by atoms with Gasteiger partial charge in [-0.15, -0.1) is 0 Å². The highest BCUT2D eigenvalue weighted by Gasteiger charge is 2.07. The van der Waals surface area contributed by atoms with Gasteiger partial charge in [0.25, 0.3) is 0 Å². The van der Waals surface area contributed by atoms with Gasteiger partial charge >= 0.3 is 0 Å². The van der Waals surface area contributed by atoms with E-state index in [0.717, 1.165) is 6.42 Å². The average molecular weight is 145 g/mol. The molecule has 0 aliphatic rings. The summed E-state index contributed by atoms with van der Waals surface area (Å²) >= 11 is 0. The molecule has 0 amide bonds. The highest BCUT2D eigenvalue weighted by molar-refractivity contribution is 5.77. The van der Waals surface area contributed by atoms with Crippen LogP contribution in [-0.4, -0.2) is 29.2 Å². The van der Waals surface area contributed by atoms with E-state index in [-0.39, 0.29) is 5.96 Å². The second-order valence-corrected chi connectivity index (χ2v) is 2.33. The summed E-state index contributed by atoms with van der Waals surface area (Å²) in [6.45, 7) is 4.06. The van der Waals surface area contributed by atoms with Crippen LogP contribution in [0.1, 0.15) is 20.3 Å². The monoisotopic (exact) mass is 145 g/mol. The average Bonchev–Trinajstić information content (AvgIpc) is 2.00. The molecule has 0 spiro atoms. The zero-order valence-electron chi connectivity index (χ0n) is 6.70. The van der Waals surface area contributed by atoms with Crippen molar-refractivity contribution < 1.29 is 5.21 Å². The molecule has 0 fully saturated rings. The summed E-state index contributed by atoms with van der Waals surface area (Å²) in [5, 5.41) is 11.1. The Morgan fingerprint density at radius 3 is 2.60 bits per heavy atom. The summed E-state index contributed by atoms with van der Waals surface area (Å²) in [5.41, 5.74) is 5.32. The van der Waals surface area contributed by atoms with Crippen LogP contribution in [0.2, 0.25) is 0 Å². The molecule has 0 aliphatic carbocycles. The van der Waals surface area contributed by atoms with Gasteiger partial charge in [0.05, 0.1) is 0 Å². The first-order valence-electron chi connectivity index (χ1n) is 3.33. The van der Waals surface area contributed by atoms with Gasteiger partial charge in [-0.25, -0.2) is 0 Å². The Kier molecular flexibility index (Phi) is 3.61. The van der Waals surface area contributed by atoms with Crippen molar-refractivity contribution in [2.75, 3.05) is 7.05 Å². The van der Waals surface area contributed by atoms with Crippen molar-refractivity contribution >= 4 is 5.96 Å². The lowest BCUT2D eigenvalue weighted by atomic mass is 10.2. The Balaban J connectivity index is 3.94. The molecule has 60 valence electrons. The Morgan fingerprint density at radius 1 is 1.80 bits per heavy atom. The molecule has 0 aliphatic heterocycles. The van der Waals surface area contributed by atoms with E-state index in [1.807, 2.05) is 13.8 Å². The number of guanidine groups is 1. The third-order valence-corrected chi connectivity index (χ3v) is 1.72. The molecule has 10 heavy (non-hydrogen) atoms. The maximum atomic E-state index is 8.27. The molecule has 0 heterocycles. The predicted molar refractivity (Wildman–Crippen MR) is 40.9 cm³/mol. The SMILES string of the molecule is CCC(C)N(C)C(N)=NO. The summed E-state index contributed by atoms with van der Waals surface area (Å²) in [4.78, 5) is 1.72. The van der Waals surface area contributed by atoms with Crippen molar-refractivity contribution in [1.29, 1.82) is 0 Å². The zero-order chi connectivity index (χ0) is 8.15. The first-order chi connectivity index (χ1) is 4.63. The molecule has 3 N–H and O–H groups in total. The van der Waals surface area contributed by atoms with Crippen LogP contribution in [0.5, 0.6) is 0 Å². The lowest BCUT2D eigenvalue weighted by molar-refractivity contribution is 0.291. The van der Waals surface area contributed by atoms with Crippen molar-refractivity contribution in [2.45, 2.75) is 26.3 Å². The van der Waals surface area contributed by atoms with Crippen LogP contribution in [0.15, 0.2) is 5.16 Å². The third-order valence-electron chi connectivity index (χ3n) is 1.72. The van der Waals surface area contributed by atoms with Crippen molar-refractivity contribution in [3.8, 4) is 0 Å². The maximum Gasteiger partial charge on any atom is 0.233 e. The summed E-state index contributed by atoms with van der Waals surface area (Å²) in [5.74, 6) is 0.161. The topological polar surface area (TPSA) is 61.8 Å². The van der Waals surface area contributed by atoms with Crippen molar-refractivity contribution in [2.24, 2.45) is 10.9 Å². The molecular formula is C6H15N3O. The summed E-state index contributed by atoms with van der Waals surface area (Å²) in [6, 6.07) is 0.316. The van der Waals surface area contributed by atoms with Gasteiger partial charge in [0.15, 0.2) is 0 Å². The first-order valence-corrected chi connectivity index (χ1v) is 3.33. The zero-order valence-corrected chi connectivity index (χ0v) is 6.70. The quantitative estimate of drug-likeness (QED) is 0.256. The number of hydrogen-bond donors (Lipinski definition) is 2. The van der Waals surface area contributed by atoms with E-state index in [1.54, 1.807) is 11.9 Å². The van der Waals surface area contributed by atoms with E-state index in [0.29, 0.717) is 6.04 Å². The van der Waals surface area contributed by atoms with Gasteiger partial charge in [0.1, 0.15) is 0 Å². The predicted octanol–water partition coefficient (Wildman–Crippen LogP) is 0.421. The Morgan fingerprint density at radius 2 is 2.30 bits per heavy atom. The highest BCUT2D eigenvalue weighted by atomic mass is 16.4. The van der Waals surface area contributed by atoms with Crippen LogP contribution in [0.3, 0.4) is 0 Å². The number of oxime groups is 1. The second-order valence-electron chi connectivity index (χ2n) is 2.33. The molecule has 0 saturated heterocycles. The van der Waals surface area contributed by atoms with Crippen molar-refractivity contribution in [3.63, 3.8) is 0 Å². The van der Waals surface area contributed by atoms with Gasteiger partial charge in [0.2, 0.25) is 5.96 Å². The number of nitrogens with two attached hydrogens (primary N) is 1. The summed E-state index contributed by atoms with van der Waals surface area (Å²) in [7, 11) is 1.79. The van der Waals surface area contributed by atoms with Gasteiger partial charge in [0, 0.05) is 13.1 Å². The minimum Gasteiger partial charge on any atom is -0.408 e. The summed E-state index contributed by atoms with van der Waals surface area (Å²) < 4.78 is 0. The fourth-order valence-corrected chi connectivity index (χ4v) is 0.570. The lowest BCUT2D eigenvalue weighted by Gasteiger charge is -2.23. The van der Waals surface area contributed by atoms with Gasteiger partial charge in [-0.05, 0) is 13.3 Å². The lowest BCUT2D eigenvalue weighted by Crippen LogP contribution is -2.39. The molecule has 1 atom stereocenters. The minimum absolute atomic E-state index is 0.161. The summed E-state index contributed by atoms with van der Waals surface area (Å²) in [6.07, 6.45) is 0.979. The first kappa shape index (κ1) is 9.07. The van der Waals surface area contributed by atoms with Gasteiger partial charge in [-0.3, -0.25) is 0 Å². The fourth-order valence-electron chi connectivity index (χ4n) is 0.570. The van der Waals surface area contributed by atoms with E-state index in [1.165, 1.54) is 0 Å². The van der Waals surface area contributed by atoms with Crippen LogP contribution >= 0.6 is 0 Å². The van der Waals surface area contributed by atoms with Crippen LogP contribution < -0.4 is 5.73 Å². The molecule has 0 radical (unpaired) electrons. The molecule has 4 nitrogen and oxygen atoms in total. The third kappa shape index (κ3) is 2.13. The van der Waals surface area contributed by atoms with E-state index in [9.17, 15) is 0 Å². The molecule has 0 aromatic carbocycles. The molecule has 1 unspecified atom stereocenters. The number of nitrogens with zero attached hydrogens (tertiary/aromatic N) is 2. The Hall–Kier alpha value is -0.930. The molecular weight excluding hydrogens is 130 g/mol. The fraction of sp³-hybridized carbons (Fsp3) is 0.833. The van der Waals surface area contributed by atoms with Crippen LogP contribution in [0, 0.1) is 0 Å². The molecule has 0 aromatic heterocycles. The molecule has 0 rings (SSSR count). The van der Waals surface area contributed by atoms with Gasteiger partial charge in [-0.2, -0.15) is 0 Å². The standard InChI is InChI=1S/C6H15N3O/c1-4-5(2)9(3)6(7)8-10/h5,10H,4H2,1-3H3,(H2,7,8). The van der Waals surface area contributed by atoms with Crippen molar-refractivity contribution in [1.82, 2.24) is 4.90 Å². The molecule has 0 aromatic rings. The van der Waals surface area contributed by atoms with E-state index >= 15 is 0 Å². The van der Waals surface area contributed by atoms with Gasteiger partial charge in [-0.1, -0.05) is 12.1 Å². The van der Waals surface area contributed by atoms with Gasteiger partial charge < -0.3 is 15.8 Å². The largest absolute Gasteiger partial charge is 0.408 e. The second kappa shape index (κ2) is 3.98. The Labute approximate surface area is 61.3 Å². The number of hydrogen-bond acceptors (Lipinski definition) is 2. The minimum atomic E-state index is 0.161. The number of rotatable bonds is 2. The highest BCUT2D eigenvalue weighted by Crippen LogP contribution is 1.98. The molecule has 4 heteroatoms. The maximum absolute atomic E-state index is 8.27. The Bertz CT molecular complexity index is 124. The van der Waals surface area contributed by atoms with Crippen LogP contribution in [0.4, 0.5) is 0 Å².